The van der Waals surface area contributed by atoms with Crippen molar-refractivity contribution in [2.24, 2.45) is 10.7 Å². The van der Waals surface area contributed by atoms with E-state index in [4.69, 9.17) is 10.5 Å². The molecule has 1 aliphatic rings. The number of guanidine groups is 1. The second-order valence-corrected chi connectivity index (χ2v) is 5.52. The lowest BCUT2D eigenvalue weighted by Gasteiger charge is -2.31. The van der Waals surface area contributed by atoms with Gasteiger partial charge in [0.1, 0.15) is 5.75 Å². The number of benzene rings is 1. The third-order valence-electron chi connectivity index (χ3n) is 3.13. The molecule has 0 bridgehead atoms. The van der Waals surface area contributed by atoms with E-state index in [1.807, 2.05) is 12.1 Å². The van der Waals surface area contributed by atoms with Gasteiger partial charge in [-0.3, -0.25) is 4.99 Å². The lowest BCUT2D eigenvalue weighted by molar-refractivity contribution is 0.282. The van der Waals surface area contributed by atoms with Gasteiger partial charge >= 0.3 is 0 Å². The molecule has 0 saturated heterocycles. The molecular weight excluding hydrogens is 294 g/mol. The van der Waals surface area contributed by atoms with Crippen molar-refractivity contribution in [3.8, 4) is 5.75 Å². The van der Waals surface area contributed by atoms with Crippen molar-refractivity contribution in [3.05, 3.63) is 28.2 Å². The van der Waals surface area contributed by atoms with Crippen molar-refractivity contribution in [1.29, 1.82) is 0 Å². The molecule has 2 rings (SSSR count). The van der Waals surface area contributed by atoms with Crippen molar-refractivity contribution < 1.29 is 4.74 Å². The molecule has 5 heteroatoms. The number of halogens is 1. The first kappa shape index (κ1) is 13.2. The third-order valence-corrected chi connectivity index (χ3v) is 3.63. The molecule has 98 valence electrons. The van der Waals surface area contributed by atoms with Crippen LogP contribution in [0.3, 0.4) is 0 Å². The van der Waals surface area contributed by atoms with Gasteiger partial charge in [0.05, 0.1) is 19.7 Å². The van der Waals surface area contributed by atoms with Gasteiger partial charge in [0, 0.05) is 16.1 Å². The van der Waals surface area contributed by atoms with Crippen LogP contribution in [0, 0.1) is 0 Å². The molecule has 1 aromatic rings. The number of nitrogens with two attached hydrogens (primary N) is 1. The standard InChI is InChI=1S/C13H18BrN3O/c1-8(2)17-11(7-16-13(17)15)10-6-9(14)4-5-12(10)18-3/h4-6,8,11H,7H2,1-3H3,(H2,15,16). The smallest absolute Gasteiger partial charge is 0.192 e. The molecule has 0 radical (unpaired) electrons. The molecule has 0 aromatic heterocycles. The molecule has 4 nitrogen and oxygen atoms in total. The van der Waals surface area contributed by atoms with Crippen LogP contribution < -0.4 is 10.5 Å². The Hall–Kier alpha value is -1.23. The summed E-state index contributed by atoms with van der Waals surface area (Å²) >= 11 is 3.50. The molecule has 0 spiro atoms. The van der Waals surface area contributed by atoms with Gasteiger partial charge in [-0.1, -0.05) is 15.9 Å². The molecule has 0 aliphatic carbocycles. The first-order valence-electron chi connectivity index (χ1n) is 5.96. The van der Waals surface area contributed by atoms with E-state index in [1.54, 1.807) is 7.11 Å². The van der Waals surface area contributed by atoms with Crippen LogP contribution in [0.2, 0.25) is 0 Å². The zero-order chi connectivity index (χ0) is 13.3. The number of hydrogen-bond acceptors (Lipinski definition) is 4. The van der Waals surface area contributed by atoms with E-state index in [2.05, 4.69) is 45.7 Å². The highest BCUT2D eigenvalue weighted by Gasteiger charge is 2.31. The number of nitrogens with zero attached hydrogens (tertiary/aromatic N) is 2. The summed E-state index contributed by atoms with van der Waals surface area (Å²) in [5, 5.41) is 0. The molecule has 0 saturated carbocycles. The Labute approximate surface area is 116 Å². The van der Waals surface area contributed by atoms with Gasteiger partial charge in [-0.05, 0) is 32.0 Å². The predicted molar refractivity (Wildman–Crippen MR) is 76.9 cm³/mol. The Morgan fingerprint density at radius 2 is 2.22 bits per heavy atom. The highest BCUT2D eigenvalue weighted by atomic mass is 79.9. The van der Waals surface area contributed by atoms with E-state index in [-0.39, 0.29) is 6.04 Å². The second-order valence-electron chi connectivity index (χ2n) is 4.60. The summed E-state index contributed by atoms with van der Waals surface area (Å²) in [7, 11) is 1.69. The van der Waals surface area contributed by atoms with Gasteiger partial charge in [-0.25, -0.2) is 0 Å². The Morgan fingerprint density at radius 1 is 1.50 bits per heavy atom. The van der Waals surface area contributed by atoms with Crippen molar-refractivity contribution in [1.82, 2.24) is 4.90 Å². The van der Waals surface area contributed by atoms with E-state index in [9.17, 15) is 0 Å². The number of hydrogen-bond donors (Lipinski definition) is 1. The fourth-order valence-corrected chi connectivity index (χ4v) is 2.73. The SMILES string of the molecule is COc1ccc(Br)cc1C1CN=C(N)N1C(C)C. The van der Waals surface area contributed by atoms with Gasteiger partial charge in [-0.15, -0.1) is 0 Å². The van der Waals surface area contributed by atoms with Crippen molar-refractivity contribution in [3.63, 3.8) is 0 Å². The minimum Gasteiger partial charge on any atom is -0.496 e. The van der Waals surface area contributed by atoms with E-state index >= 15 is 0 Å². The monoisotopic (exact) mass is 311 g/mol. The van der Waals surface area contributed by atoms with Crippen LogP contribution in [0.25, 0.3) is 0 Å². The molecule has 1 aliphatic heterocycles. The summed E-state index contributed by atoms with van der Waals surface area (Å²) in [6.07, 6.45) is 0. The summed E-state index contributed by atoms with van der Waals surface area (Å²) in [4.78, 5) is 6.48. The zero-order valence-corrected chi connectivity index (χ0v) is 12.4. The second kappa shape index (κ2) is 5.18. The van der Waals surface area contributed by atoms with Crippen LogP contribution in [0.5, 0.6) is 5.75 Å². The minimum absolute atomic E-state index is 0.150. The quantitative estimate of drug-likeness (QED) is 0.933. The molecule has 0 fully saturated rings. The summed E-state index contributed by atoms with van der Waals surface area (Å²) in [6.45, 7) is 4.91. The van der Waals surface area contributed by atoms with Gasteiger partial charge in [0.2, 0.25) is 0 Å². The number of ether oxygens (including phenoxy) is 1. The van der Waals surface area contributed by atoms with Crippen LogP contribution in [-0.2, 0) is 0 Å². The summed E-state index contributed by atoms with van der Waals surface area (Å²) in [6, 6.07) is 6.48. The number of rotatable bonds is 3. The minimum atomic E-state index is 0.150. The maximum Gasteiger partial charge on any atom is 0.192 e. The number of methoxy groups -OCH3 is 1. The van der Waals surface area contributed by atoms with Gasteiger partial charge in [0.15, 0.2) is 5.96 Å². The molecule has 1 heterocycles. The maximum atomic E-state index is 5.96. The Balaban J connectivity index is 2.40. The largest absolute Gasteiger partial charge is 0.496 e. The average Bonchev–Trinajstić information content (AvgIpc) is 2.71. The van der Waals surface area contributed by atoms with E-state index in [0.717, 1.165) is 15.8 Å². The van der Waals surface area contributed by atoms with Crippen molar-refractivity contribution in [2.45, 2.75) is 25.9 Å². The summed E-state index contributed by atoms with van der Waals surface area (Å²) in [5.74, 6) is 1.48. The highest BCUT2D eigenvalue weighted by Crippen LogP contribution is 2.35. The van der Waals surface area contributed by atoms with Crippen LogP contribution in [0.4, 0.5) is 0 Å². The van der Waals surface area contributed by atoms with Gasteiger partial charge < -0.3 is 15.4 Å². The fourth-order valence-electron chi connectivity index (χ4n) is 2.35. The van der Waals surface area contributed by atoms with Gasteiger partial charge in [-0.2, -0.15) is 0 Å². The first-order valence-corrected chi connectivity index (χ1v) is 6.75. The van der Waals surface area contributed by atoms with Gasteiger partial charge in [0.25, 0.3) is 0 Å². The Morgan fingerprint density at radius 3 is 2.83 bits per heavy atom. The molecule has 18 heavy (non-hydrogen) atoms. The fraction of sp³-hybridized carbons (Fsp3) is 0.462. The lowest BCUT2D eigenvalue weighted by Crippen LogP contribution is -2.41. The molecule has 1 unspecified atom stereocenters. The summed E-state index contributed by atoms with van der Waals surface area (Å²) in [5.41, 5.74) is 7.08. The van der Waals surface area contributed by atoms with E-state index < -0.39 is 0 Å². The predicted octanol–water partition coefficient (Wildman–Crippen LogP) is 2.54. The molecular formula is C13H18BrN3O. The van der Waals surface area contributed by atoms with Crippen LogP contribution >= 0.6 is 15.9 Å². The average molecular weight is 312 g/mol. The number of aliphatic imine (C=N–C) groups is 1. The molecule has 2 N–H and O–H groups in total. The van der Waals surface area contributed by atoms with Crippen molar-refractivity contribution in [2.75, 3.05) is 13.7 Å². The van der Waals surface area contributed by atoms with Crippen LogP contribution in [0.15, 0.2) is 27.7 Å². The summed E-state index contributed by atoms with van der Waals surface area (Å²) < 4.78 is 6.47. The zero-order valence-electron chi connectivity index (χ0n) is 10.9. The maximum absolute atomic E-state index is 5.96. The van der Waals surface area contributed by atoms with Crippen LogP contribution in [0.1, 0.15) is 25.5 Å². The Bertz CT molecular complexity index is 473. The first-order chi connectivity index (χ1) is 8.54. The molecule has 1 aromatic carbocycles. The Kier molecular flexibility index (Phi) is 3.80. The normalized spacial score (nSPS) is 19.3. The lowest BCUT2D eigenvalue weighted by atomic mass is 10.0. The highest BCUT2D eigenvalue weighted by molar-refractivity contribution is 9.10. The van der Waals surface area contributed by atoms with Crippen molar-refractivity contribution >= 4 is 21.9 Å². The molecule has 1 atom stereocenters. The molecule has 0 amide bonds. The van der Waals surface area contributed by atoms with Crippen LogP contribution in [-0.4, -0.2) is 30.6 Å². The van der Waals surface area contributed by atoms with E-state index in [1.165, 1.54) is 0 Å². The topological polar surface area (TPSA) is 50.9 Å². The van der Waals surface area contributed by atoms with E-state index in [0.29, 0.717) is 18.5 Å². The third kappa shape index (κ3) is 2.32.